The Morgan fingerprint density at radius 2 is 2.10 bits per heavy atom. The minimum Gasteiger partial charge on any atom is -0.208 e. The molecular weight excluding hydrogens is 122 g/mol. The van der Waals surface area contributed by atoms with E-state index in [1.54, 1.807) is 0 Å². The highest BCUT2D eigenvalue weighted by Crippen LogP contribution is 2.10. The Morgan fingerprint density at radius 3 is 2.50 bits per heavy atom. The third kappa shape index (κ3) is 1.44. The summed E-state index contributed by atoms with van der Waals surface area (Å²) in [5, 5.41) is 0. The molecule has 0 aliphatic rings. The number of hydrogen-bond donors (Lipinski definition) is 0. The molecule has 0 saturated heterocycles. The van der Waals surface area contributed by atoms with Crippen molar-refractivity contribution >= 4 is 12.4 Å². The van der Waals surface area contributed by atoms with E-state index < -0.39 is 0 Å². The van der Waals surface area contributed by atoms with Crippen molar-refractivity contribution < 1.29 is 4.58 Å². The first kappa shape index (κ1) is 7.00. The highest BCUT2D eigenvalue weighted by atomic mass is 14.9. The molecule has 0 radical (unpaired) electrons. The topological polar surface area (TPSA) is 3.01 Å². The van der Waals surface area contributed by atoms with E-state index in [-0.39, 0.29) is 0 Å². The minimum absolute atomic E-state index is 1.15. The molecule has 1 aromatic rings. The lowest BCUT2D eigenvalue weighted by atomic mass is 10.2. The zero-order valence-electron chi connectivity index (χ0n) is 6.46. The molecule has 0 N–H and O–H groups in total. The quantitative estimate of drug-likeness (QED) is 0.408. The van der Waals surface area contributed by atoms with Crippen LogP contribution in [-0.4, -0.2) is 18.3 Å². The molecule has 0 amide bonds. The summed E-state index contributed by atoms with van der Waals surface area (Å²) in [7, 11) is 1.94. The molecule has 1 nitrogen and oxygen atoms in total. The maximum Gasteiger partial charge on any atom is 0.204 e. The molecule has 1 rings (SSSR count). The van der Waals surface area contributed by atoms with Crippen LogP contribution < -0.4 is 0 Å². The maximum absolute atomic E-state index is 3.78. The van der Waals surface area contributed by atoms with Crippen molar-refractivity contribution in [2.75, 3.05) is 7.05 Å². The van der Waals surface area contributed by atoms with Crippen molar-refractivity contribution in [2.45, 2.75) is 6.92 Å². The van der Waals surface area contributed by atoms with E-state index in [1.807, 2.05) is 23.8 Å². The fourth-order valence-corrected chi connectivity index (χ4v) is 0.865. The van der Waals surface area contributed by atoms with Crippen LogP contribution in [0.3, 0.4) is 0 Å². The fraction of sp³-hybridized carbons (Fsp3) is 0.222. The highest BCUT2D eigenvalue weighted by molar-refractivity contribution is 5.36. The number of nitrogens with zero attached hydrogens (tertiary/aromatic N) is 1. The van der Waals surface area contributed by atoms with Crippen molar-refractivity contribution in [3.63, 3.8) is 0 Å². The Hall–Kier alpha value is -1.11. The molecule has 0 bridgehead atoms. The van der Waals surface area contributed by atoms with Gasteiger partial charge in [-0.25, -0.2) is 4.58 Å². The van der Waals surface area contributed by atoms with Gasteiger partial charge in [0.15, 0.2) is 0 Å². The molecule has 0 fully saturated rings. The molecule has 0 saturated carbocycles. The van der Waals surface area contributed by atoms with Crippen LogP contribution in [0.4, 0.5) is 5.69 Å². The summed E-state index contributed by atoms with van der Waals surface area (Å²) in [5.74, 6) is 0. The van der Waals surface area contributed by atoms with Gasteiger partial charge in [0.2, 0.25) is 5.69 Å². The third-order valence-corrected chi connectivity index (χ3v) is 1.44. The van der Waals surface area contributed by atoms with Gasteiger partial charge in [-0.2, -0.15) is 0 Å². The van der Waals surface area contributed by atoms with Gasteiger partial charge in [0.25, 0.3) is 0 Å². The number of aryl methyl sites for hydroxylation is 1. The molecule has 1 aromatic carbocycles. The van der Waals surface area contributed by atoms with E-state index in [2.05, 4.69) is 25.8 Å². The Labute approximate surface area is 61.6 Å². The van der Waals surface area contributed by atoms with Crippen LogP contribution in [-0.2, 0) is 0 Å². The number of hydrogen-bond acceptors (Lipinski definition) is 0. The summed E-state index contributed by atoms with van der Waals surface area (Å²) in [6.07, 6.45) is 0. The van der Waals surface area contributed by atoms with Gasteiger partial charge in [-0.15, -0.1) is 0 Å². The first-order valence-electron chi connectivity index (χ1n) is 3.31. The third-order valence-electron chi connectivity index (χ3n) is 1.44. The minimum atomic E-state index is 1.15. The zero-order chi connectivity index (χ0) is 7.56. The second-order valence-corrected chi connectivity index (χ2v) is 2.54. The lowest BCUT2D eigenvalue weighted by Gasteiger charge is -1.93. The van der Waals surface area contributed by atoms with Crippen molar-refractivity contribution in [1.29, 1.82) is 0 Å². The van der Waals surface area contributed by atoms with E-state index in [4.69, 9.17) is 0 Å². The Morgan fingerprint density at radius 1 is 1.40 bits per heavy atom. The van der Waals surface area contributed by atoms with E-state index in [0.29, 0.717) is 0 Å². The molecule has 0 aliphatic heterocycles. The second-order valence-electron chi connectivity index (χ2n) is 2.54. The van der Waals surface area contributed by atoms with Gasteiger partial charge in [-0.1, -0.05) is 12.1 Å². The van der Waals surface area contributed by atoms with Gasteiger partial charge in [0.05, 0.1) is 0 Å². The van der Waals surface area contributed by atoms with E-state index in [0.717, 1.165) is 5.69 Å². The summed E-state index contributed by atoms with van der Waals surface area (Å²) >= 11 is 0. The van der Waals surface area contributed by atoms with Gasteiger partial charge in [0, 0.05) is 12.1 Å². The van der Waals surface area contributed by atoms with Crippen LogP contribution in [0, 0.1) is 6.92 Å². The van der Waals surface area contributed by atoms with Crippen molar-refractivity contribution in [1.82, 2.24) is 0 Å². The first-order chi connectivity index (χ1) is 4.70. The van der Waals surface area contributed by atoms with Gasteiger partial charge in [-0.05, 0) is 12.5 Å². The second kappa shape index (κ2) is 2.65. The zero-order valence-corrected chi connectivity index (χ0v) is 6.46. The van der Waals surface area contributed by atoms with Gasteiger partial charge in [-0.3, -0.25) is 0 Å². The lowest BCUT2D eigenvalue weighted by Crippen LogP contribution is -1.91. The standard InChI is InChI=1S/C9H12N/c1-8-5-4-6-9(7-8)10(2)3/h4-7H,2H2,1,3H3/q+1. The van der Waals surface area contributed by atoms with Crippen molar-refractivity contribution in [3.8, 4) is 0 Å². The lowest BCUT2D eigenvalue weighted by molar-refractivity contribution is -0.394. The molecule has 0 unspecified atom stereocenters. The smallest absolute Gasteiger partial charge is 0.204 e. The van der Waals surface area contributed by atoms with Gasteiger partial charge < -0.3 is 0 Å². The number of rotatable bonds is 1. The van der Waals surface area contributed by atoms with Crippen LogP contribution in [0.5, 0.6) is 0 Å². The normalized spacial score (nSPS) is 9.40. The van der Waals surface area contributed by atoms with Crippen LogP contribution in [0.1, 0.15) is 5.56 Å². The summed E-state index contributed by atoms with van der Waals surface area (Å²) in [6, 6.07) is 8.26. The molecule has 0 aliphatic carbocycles. The van der Waals surface area contributed by atoms with Crippen LogP contribution in [0.25, 0.3) is 0 Å². The first-order valence-corrected chi connectivity index (χ1v) is 3.31. The van der Waals surface area contributed by atoms with Crippen molar-refractivity contribution in [2.24, 2.45) is 0 Å². The molecule has 0 atom stereocenters. The Balaban J connectivity index is 3.07. The SMILES string of the molecule is C=[N+](C)c1cccc(C)c1. The highest BCUT2D eigenvalue weighted by Gasteiger charge is 1.97. The predicted molar refractivity (Wildman–Crippen MR) is 44.1 cm³/mol. The molecule has 0 heterocycles. The molecule has 0 aromatic heterocycles. The summed E-state index contributed by atoms with van der Waals surface area (Å²) in [4.78, 5) is 0. The van der Waals surface area contributed by atoms with Gasteiger partial charge in [0.1, 0.15) is 13.8 Å². The average Bonchev–Trinajstić information content (AvgIpc) is 1.88. The van der Waals surface area contributed by atoms with E-state index in [1.165, 1.54) is 5.56 Å². The summed E-state index contributed by atoms with van der Waals surface area (Å²) in [5.41, 5.74) is 2.42. The van der Waals surface area contributed by atoms with Gasteiger partial charge >= 0.3 is 0 Å². The molecule has 10 heavy (non-hydrogen) atoms. The molecule has 0 spiro atoms. The Bertz CT molecular complexity index is 251. The van der Waals surface area contributed by atoms with Crippen LogP contribution in [0.2, 0.25) is 0 Å². The fourth-order valence-electron chi connectivity index (χ4n) is 0.865. The summed E-state index contributed by atoms with van der Waals surface area (Å²) in [6.45, 7) is 5.86. The Kier molecular flexibility index (Phi) is 1.86. The summed E-state index contributed by atoms with van der Waals surface area (Å²) < 4.78 is 1.85. The van der Waals surface area contributed by atoms with E-state index >= 15 is 0 Å². The maximum atomic E-state index is 3.78. The van der Waals surface area contributed by atoms with Crippen LogP contribution >= 0.6 is 0 Å². The van der Waals surface area contributed by atoms with E-state index in [9.17, 15) is 0 Å². The predicted octanol–water partition coefficient (Wildman–Crippen LogP) is 1.97. The average molecular weight is 134 g/mol. The monoisotopic (exact) mass is 134 g/mol. The largest absolute Gasteiger partial charge is 0.208 e. The molecular formula is C9H12N+. The molecule has 1 heteroatoms. The molecule has 52 valence electrons. The van der Waals surface area contributed by atoms with Crippen LogP contribution in [0.15, 0.2) is 24.3 Å². The number of benzene rings is 1. The van der Waals surface area contributed by atoms with Crippen molar-refractivity contribution in [3.05, 3.63) is 29.8 Å².